The molecule has 1 rings (SSSR count). The zero-order chi connectivity index (χ0) is 9.30. The summed E-state index contributed by atoms with van der Waals surface area (Å²) in [5.74, 6) is 0.492. The van der Waals surface area contributed by atoms with Crippen molar-refractivity contribution in [2.24, 2.45) is 5.92 Å². The molecule has 1 aromatic rings. The molecule has 0 aliphatic heterocycles. The van der Waals surface area contributed by atoms with Gasteiger partial charge >= 0.3 is 0 Å². The number of hydrogen-bond acceptors (Lipinski definition) is 1. The lowest BCUT2D eigenvalue weighted by atomic mass is 10.0. The Bertz CT molecular complexity index is 267. The molecule has 3 heteroatoms. The average Bonchev–Trinajstić information content (AvgIpc) is 2.28. The topological polar surface area (TPSA) is 0 Å². The summed E-state index contributed by atoms with van der Waals surface area (Å²) in [5.41, 5.74) is 1.27. The molecule has 1 aromatic heterocycles. The molecule has 0 spiro atoms. The second-order valence-electron chi connectivity index (χ2n) is 3.21. The molecule has 0 aliphatic rings. The Morgan fingerprint density at radius 3 is 2.42 bits per heavy atom. The largest absolute Gasteiger partial charge is 0.133 e. The molecule has 12 heavy (non-hydrogen) atoms. The van der Waals surface area contributed by atoms with Crippen LogP contribution in [0, 0.1) is 12.8 Å². The van der Waals surface area contributed by atoms with Gasteiger partial charge in [-0.15, -0.1) is 22.9 Å². The molecular formula is C9H12BrClS. The van der Waals surface area contributed by atoms with E-state index in [1.165, 1.54) is 14.2 Å². The third kappa shape index (κ3) is 2.24. The Hall–Kier alpha value is 0.470. The Morgan fingerprint density at radius 1 is 1.50 bits per heavy atom. The maximum Gasteiger partial charge on any atom is 0.0704 e. The van der Waals surface area contributed by atoms with Crippen LogP contribution in [0.1, 0.15) is 29.7 Å². The van der Waals surface area contributed by atoms with Crippen molar-refractivity contribution in [3.63, 3.8) is 0 Å². The van der Waals surface area contributed by atoms with Crippen molar-refractivity contribution in [2.45, 2.75) is 26.1 Å². The van der Waals surface area contributed by atoms with E-state index in [0.717, 1.165) is 0 Å². The molecule has 1 unspecified atom stereocenters. The summed E-state index contributed by atoms with van der Waals surface area (Å²) in [6, 6.07) is 2.12. The first-order valence-corrected chi connectivity index (χ1v) is 5.97. The maximum absolute atomic E-state index is 6.25. The summed E-state index contributed by atoms with van der Waals surface area (Å²) < 4.78 is 1.17. The minimum absolute atomic E-state index is 0.146. The first kappa shape index (κ1) is 10.6. The zero-order valence-corrected chi connectivity index (χ0v) is 10.6. The van der Waals surface area contributed by atoms with Crippen molar-refractivity contribution in [1.82, 2.24) is 0 Å². The van der Waals surface area contributed by atoms with Crippen LogP contribution in [0.3, 0.4) is 0 Å². The first-order chi connectivity index (χ1) is 5.52. The van der Waals surface area contributed by atoms with Gasteiger partial charge in [0.2, 0.25) is 0 Å². The normalized spacial score (nSPS) is 13.8. The van der Waals surface area contributed by atoms with Crippen molar-refractivity contribution in [2.75, 3.05) is 0 Å². The van der Waals surface area contributed by atoms with E-state index < -0.39 is 0 Å². The minimum Gasteiger partial charge on any atom is -0.133 e. The van der Waals surface area contributed by atoms with Gasteiger partial charge in [-0.05, 0) is 40.4 Å². The Balaban J connectivity index is 2.94. The molecular weight excluding hydrogens is 256 g/mol. The highest BCUT2D eigenvalue weighted by Gasteiger charge is 2.16. The van der Waals surface area contributed by atoms with E-state index in [0.29, 0.717) is 5.92 Å². The molecule has 0 bridgehead atoms. The SMILES string of the molecule is Cc1sc(Br)cc1C(Cl)C(C)C. The van der Waals surface area contributed by atoms with Gasteiger partial charge in [0.05, 0.1) is 9.16 Å². The molecule has 0 radical (unpaired) electrons. The van der Waals surface area contributed by atoms with E-state index in [1.807, 2.05) is 0 Å². The second kappa shape index (κ2) is 4.12. The number of hydrogen-bond donors (Lipinski definition) is 0. The van der Waals surface area contributed by atoms with Gasteiger partial charge in [0.1, 0.15) is 0 Å². The van der Waals surface area contributed by atoms with Crippen LogP contribution in [-0.2, 0) is 0 Å². The number of aryl methyl sites for hydroxylation is 1. The lowest BCUT2D eigenvalue weighted by Gasteiger charge is -2.12. The van der Waals surface area contributed by atoms with E-state index in [9.17, 15) is 0 Å². The van der Waals surface area contributed by atoms with E-state index in [1.54, 1.807) is 11.3 Å². The predicted octanol–water partition coefficient (Wildman–Crippen LogP) is 4.75. The highest BCUT2D eigenvalue weighted by molar-refractivity contribution is 9.11. The lowest BCUT2D eigenvalue weighted by Crippen LogP contribution is -1.98. The van der Waals surface area contributed by atoms with Gasteiger partial charge in [0.15, 0.2) is 0 Å². The van der Waals surface area contributed by atoms with Crippen molar-refractivity contribution < 1.29 is 0 Å². The monoisotopic (exact) mass is 266 g/mol. The molecule has 0 saturated carbocycles. The van der Waals surface area contributed by atoms with Crippen molar-refractivity contribution >= 4 is 38.9 Å². The third-order valence-corrected chi connectivity index (χ3v) is 4.12. The molecule has 1 atom stereocenters. The summed E-state index contributed by atoms with van der Waals surface area (Å²) in [6.45, 7) is 6.40. The van der Waals surface area contributed by atoms with Gasteiger partial charge in [-0.3, -0.25) is 0 Å². The molecule has 1 heterocycles. The van der Waals surface area contributed by atoms with Crippen LogP contribution in [0.2, 0.25) is 0 Å². The van der Waals surface area contributed by atoms with Gasteiger partial charge in [-0.2, -0.15) is 0 Å². The summed E-state index contributed by atoms with van der Waals surface area (Å²) in [4.78, 5) is 1.32. The van der Waals surface area contributed by atoms with Crippen LogP contribution in [0.25, 0.3) is 0 Å². The van der Waals surface area contributed by atoms with Crippen LogP contribution in [0.4, 0.5) is 0 Å². The number of halogens is 2. The molecule has 0 saturated heterocycles. The van der Waals surface area contributed by atoms with Crippen LogP contribution in [-0.4, -0.2) is 0 Å². The average molecular weight is 268 g/mol. The summed E-state index contributed by atoms with van der Waals surface area (Å²) in [6.07, 6.45) is 0. The van der Waals surface area contributed by atoms with E-state index in [4.69, 9.17) is 11.6 Å². The van der Waals surface area contributed by atoms with Gasteiger partial charge in [0.25, 0.3) is 0 Å². The Kier molecular flexibility index (Phi) is 3.62. The molecule has 68 valence electrons. The first-order valence-electron chi connectivity index (χ1n) is 3.92. The molecule has 0 nitrogen and oxygen atoms in total. The third-order valence-electron chi connectivity index (χ3n) is 1.81. The van der Waals surface area contributed by atoms with Crippen molar-refractivity contribution in [3.05, 3.63) is 20.3 Å². The van der Waals surface area contributed by atoms with Crippen molar-refractivity contribution in [1.29, 1.82) is 0 Å². The lowest BCUT2D eigenvalue weighted by molar-refractivity contribution is 0.623. The highest BCUT2D eigenvalue weighted by atomic mass is 79.9. The van der Waals surface area contributed by atoms with Crippen LogP contribution in [0.15, 0.2) is 9.85 Å². The van der Waals surface area contributed by atoms with E-state index in [2.05, 4.69) is 42.8 Å². The molecule has 0 aliphatic carbocycles. The fourth-order valence-electron chi connectivity index (χ4n) is 1.09. The quantitative estimate of drug-likeness (QED) is 0.678. The molecule has 0 fully saturated rings. The highest BCUT2D eigenvalue weighted by Crippen LogP contribution is 2.37. The fraction of sp³-hybridized carbons (Fsp3) is 0.556. The number of thiophene rings is 1. The van der Waals surface area contributed by atoms with Gasteiger partial charge in [0, 0.05) is 4.88 Å². The zero-order valence-electron chi connectivity index (χ0n) is 7.40. The fourth-order valence-corrected chi connectivity index (χ4v) is 3.14. The maximum atomic E-state index is 6.25. The predicted molar refractivity (Wildman–Crippen MR) is 60.2 cm³/mol. The van der Waals surface area contributed by atoms with Crippen molar-refractivity contribution in [3.8, 4) is 0 Å². The number of rotatable bonds is 2. The molecule has 0 aromatic carbocycles. The summed E-state index contributed by atoms with van der Waals surface area (Å²) >= 11 is 11.5. The van der Waals surface area contributed by atoms with E-state index in [-0.39, 0.29) is 5.38 Å². The van der Waals surface area contributed by atoms with Gasteiger partial charge in [-0.25, -0.2) is 0 Å². The summed E-state index contributed by atoms with van der Waals surface area (Å²) in [7, 11) is 0. The molecule has 0 N–H and O–H groups in total. The Labute approximate surface area is 91.1 Å². The van der Waals surface area contributed by atoms with E-state index >= 15 is 0 Å². The number of alkyl halides is 1. The second-order valence-corrected chi connectivity index (χ2v) is 6.31. The Morgan fingerprint density at radius 2 is 2.08 bits per heavy atom. The standard InChI is InChI=1S/C9H12BrClS/c1-5(2)9(11)7-4-8(10)12-6(7)3/h4-5,9H,1-3H3. The summed E-state index contributed by atoms with van der Waals surface area (Å²) in [5, 5.41) is 0.146. The minimum atomic E-state index is 0.146. The smallest absolute Gasteiger partial charge is 0.0704 e. The van der Waals surface area contributed by atoms with Crippen LogP contribution < -0.4 is 0 Å². The van der Waals surface area contributed by atoms with Crippen LogP contribution in [0.5, 0.6) is 0 Å². The van der Waals surface area contributed by atoms with Crippen LogP contribution >= 0.6 is 38.9 Å². The van der Waals surface area contributed by atoms with Gasteiger partial charge in [-0.1, -0.05) is 13.8 Å². The molecule has 0 amide bonds. The van der Waals surface area contributed by atoms with Gasteiger partial charge < -0.3 is 0 Å².